The van der Waals surface area contributed by atoms with E-state index in [2.05, 4.69) is 128 Å². The minimum atomic E-state index is -0.191. The fourth-order valence-corrected chi connectivity index (χ4v) is 7.60. The van der Waals surface area contributed by atoms with Crippen molar-refractivity contribution < 1.29 is 18.5 Å². The second-order valence-electron chi connectivity index (χ2n) is 12.8. The highest BCUT2D eigenvalue weighted by molar-refractivity contribution is 7.33. The number of rotatable bonds is 17. The van der Waals surface area contributed by atoms with Crippen LogP contribution in [0.4, 0.5) is 0 Å². The Hall–Kier alpha value is -2.22. The molecule has 0 N–H and O–H groups in total. The molecule has 4 aromatic carbocycles. The first-order valence-electron chi connectivity index (χ1n) is 16.4. The van der Waals surface area contributed by atoms with Gasteiger partial charge in [-0.1, -0.05) is 101 Å². The number of benzene rings is 4. The Labute approximate surface area is 269 Å². The van der Waals surface area contributed by atoms with Gasteiger partial charge in [-0.3, -0.25) is 0 Å². The van der Waals surface area contributed by atoms with Crippen molar-refractivity contribution in [3.05, 3.63) is 72.8 Å². The van der Waals surface area contributed by atoms with Gasteiger partial charge >= 0.3 is 0 Å². The molecule has 0 bridgehead atoms. The Balaban J connectivity index is 1.81. The van der Waals surface area contributed by atoms with Crippen molar-refractivity contribution in [2.75, 3.05) is 0 Å². The van der Waals surface area contributed by atoms with E-state index in [1.165, 1.54) is 10.8 Å². The van der Waals surface area contributed by atoms with E-state index < -0.39 is 0 Å². The third-order valence-corrected chi connectivity index (χ3v) is 10.4. The van der Waals surface area contributed by atoms with Crippen LogP contribution < -0.4 is 9.05 Å². The zero-order valence-corrected chi connectivity index (χ0v) is 30.0. The van der Waals surface area contributed by atoms with Gasteiger partial charge in [-0.25, -0.2) is 0 Å². The molecule has 0 saturated carbocycles. The van der Waals surface area contributed by atoms with Crippen molar-refractivity contribution in [3.8, 4) is 22.6 Å². The highest BCUT2D eigenvalue weighted by Crippen LogP contribution is 2.49. The van der Waals surface area contributed by atoms with Crippen molar-refractivity contribution in [1.82, 2.24) is 0 Å². The summed E-state index contributed by atoms with van der Waals surface area (Å²) in [5.41, 5.74) is 1.76. The Morgan fingerprint density at radius 3 is 1.30 bits per heavy atom. The summed E-state index contributed by atoms with van der Waals surface area (Å²) in [7, 11) is 0.358. The average molecular weight is 635 g/mol. The van der Waals surface area contributed by atoms with Gasteiger partial charge in [0.05, 0.1) is 11.2 Å². The zero-order chi connectivity index (χ0) is 31.7. The Morgan fingerprint density at radius 1 is 0.545 bits per heavy atom. The standard InChI is InChI=1S/C38H52O4P2/c1-9-17-33(39-37(5,6)11-3)43-41-31-25-23-27-19-13-15-21-29(27)35(31)36-30-22-16-14-20-28(30)24-26-32(36)42-44-34(18-10-2)40-38(7,8)12-4/h13-16,19-26,33-34,43-44H,9-12,17-18H2,1-8H3. The third-order valence-electron chi connectivity index (χ3n) is 8.36. The summed E-state index contributed by atoms with van der Waals surface area (Å²) in [6, 6.07) is 25.7. The maximum Gasteiger partial charge on any atom is 0.131 e. The van der Waals surface area contributed by atoms with Gasteiger partial charge in [0, 0.05) is 11.1 Å². The first-order chi connectivity index (χ1) is 21.1. The lowest BCUT2D eigenvalue weighted by atomic mass is 9.92. The van der Waals surface area contributed by atoms with Crippen molar-refractivity contribution >= 4 is 39.2 Å². The summed E-state index contributed by atoms with van der Waals surface area (Å²) in [5.74, 6) is 1.79. The van der Waals surface area contributed by atoms with Crippen LogP contribution in [0.2, 0.25) is 0 Å². The van der Waals surface area contributed by atoms with Gasteiger partial charge < -0.3 is 18.5 Å². The number of hydrogen-bond acceptors (Lipinski definition) is 4. The molecule has 238 valence electrons. The van der Waals surface area contributed by atoms with Gasteiger partial charge in [-0.05, 0) is 87.1 Å². The lowest BCUT2D eigenvalue weighted by Gasteiger charge is -2.30. The Kier molecular flexibility index (Phi) is 12.5. The summed E-state index contributed by atoms with van der Waals surface area (Å²) in [6.45, 7) is 17.4. The minimum Gasteiger partial charge on any atom is -0.474 e. The number of ether oxygens (including phenoxy) is 2. The van der Waals surface area contributed by atoms with Gasteiger partial charge in [0.15, 0.2) is 0 Å². The summed E-state index contributed by atoms with van der Waals surface area (Å²) >= 11 is 0. The van der Waals surface area contributed by atoms with Crippen molar-refractivity contribution in [2.24, 2.45) is 0 Å². The molecule has 0 fully saturated rings. The average Bonchev–Trinajstić information content (AvgIpc) is 3.02. The van der Waals surface area contributed by atoms with Gasteiger partial charge in [0.1, 0.15) is 40.8 Å². The molecule has 4 aromatic rings. The van der Waals surface area contributed by atoms with Crippen molar-refractivity contribution in [3.63, 3.8) is 0 Å². The number of hydrogen-bond donors (Lipinski definition) is 0. The molecule has 6 heteroatoms. The van der Waals surface area contributed by atoms with E-state index in [1.807, 2.05) is 0 Å². The topological polar surface area (TPSA) is 36.9 Å². The first-order valence-corrected chi connectivity index (χ1v) is 18.3. The fourth-order valence-electron chi connectivity index (χ4n) is 5.19. The summed E-state index contributed by atoms with van der Waals surface area (Å²) in [4.78, 5) is 0. The van der Waals surface area contributed by atoms with Crippen LogP contribution in [0, 0.1) is 0 Å². The summed E-state index contributed by atoms with van der Waals surface area (Å²) in [5, 5.41) is 4.64. The van der Waals surface area contributed by atoms with Gasteiger partial charge in [0.25, 0.3) is 0 Å². The van der Waals surface area contributed by atoms with Gasteiger partial charge in [-0.2, -0.15) is 0 Å². The van der Waals surface area contributed by atoms with Gasteiger partial charge in [0.2, 0.25) is 0 Å². The quantitative estimate of drug-likeness (QED) is 0.108. The smallest absolute Gasteiger partial charge is 0.131 e. The monoisotopic (exact) mass is 634 g/mol. The van der Waals surface area contributed by atoms with Crippen LogP contribution in [0.3, 0.4) is 0 Å². The second-order valence-corrected chi connectivity index (χ2v) is 14.9. The molecular formula is C38H52O4P2. The summed E-state index contributed by atoms with van der Waals surface area (Å²) in [6.07, 6.45) is 5.92. The molecule has 0 aliphatic rings. The van der Waals surface area contributed by atoms with Crippen LogP contribution in [0.25, 0.3) is 32.7 Å². The fraction of sp³-hybridized carbons (Fsp3) is 0.474. The van der Waals surface area contributed by atoms with E-state index >= 15 is 0 Å². The predicted molar refractivity (Wildman–Crippen MR) is 193 cm³/mol. The molecule has 0 heterocycles. The van der Waals surface area contributed by atoms with E-state index in [9.17, 15) is 0 Å². The van der Waals surface area contributed by atoms with Crippen LogP contribution in [0.15, 0.2) is 72.8 Å². The van der Waals surface area contributed by atoms with Crippen LogP contribution in [-0.4, -0.2) is 22.9 Å². The Bertz CT molecular complexity index is 1390. The highest BCUT2D eigenvalue weighted by Gasteiger charge is 2.26. The molecule has 0 aliphatic carbocycles. The molecule has 0 aromatic heterocycles. The van der Waals surface area contributed by atoms with Crippen LogP contribution in [0.1, 0.15) is 93.9 Å². The van der Waals surface area contributed by atoms with Crippen LogP contribution in [0.5, 0.6) is 11.5 Å². The molecule has 0 radical (unpaired) electrons. The zero-order valence-electron chi connectivity index (χ0n) is 28.0. The van der Waals surface area contributed by atoms with Crippen molar-refractivity contribution in [1.29, 1.82) is 0 Å². The molecular weight excluding hydrogens is 582 g/mol. The highest BCUT2D eigenvalue weighted by atomic mass is 31.1. The minimum absolute atomic E-state index is 0.0351. The summed E-state index contributed by atoms with van der Waals surface area (Å²) < 4.78 is 26.7. The molecule has 44 heavy (non-hydrogen) atoms. The van der Waals surface area contributed by atoms with E-state index in [1.54, 1.807) is 0 Å². The first kappa shape index (κ1) is 34.6. The molecule has 0 saturated heterocycles. The lowest BCUT2D eigenvalue weighted by molar-refractivity contribution is -0.0416. The maximum absolute atomic E-state index is 6.78. The maximum atomic E-state index is 6.78. The largest absolute Gasteiger partial charge is 0.474 e. The van der Waals surface area contributed by atoms with E-state index in [0.29, 0.717) is 0 Å². The lowest BCUT2D eigenvalue weighted by Crippen LogP contribution is -2.28. The van der Waals surface area contributed by atoms with E-state index in [4.69, 9.17) is 18.5 Å². The molecule has 4 unspecified atom stereocenters. The molecule has 0 spiro atoms. The van der Waals surface area contributed by atoms with E-state index in [-0.39, 0.29) is 40.5 Å². The third kappa shape index (κ3) is 8.95. The molecule has 0 aliphatic heterocycles. The van der Waals surface area contributed by atoms with Crippen LogP contribution >= 0.6 is 17.6 Å². The predicted octanol–water partition coefficient (Wildman–Crippen LogP) is 12.3. The molecule has 4 atom stereocenters. The molecule has 4 rings (SSSR count). The van der Waals surface area contributed by atoms with E-state index in [0.717, 1.165) is 71.9 Å². The normalized spacial score (nSPS) is 14.3. The number of fused-ring (bicyclic) bond motifs is 2. The molecule has 4 nitrogen and oxygen atoms in total. The second kappa shape index (κ2) is 15.9. The van der Waals surface area contributed by atoms with Crippen LogP contribution in [-0.2, 0) is 9.47 Å². The van der Waals surface area contributed by atoms with Gasteiger partial charge in [-0.15, -0.1) is 0 Å². The molecule has 0 amide bonds. The Morgan fingerprint density at radius 2 is 0.932 bits per heavy atom. The SMILES string of the molecule is CCCC(OC(C)(C)CC)POc1ccc2ccccc2c1-c1c(OPC(CCC)OC(C)(C)CC)ccc2ccccc12. The van der Waals surface area contributed by atoms with Crippen molar-refractivity contribution in [2.45, 2.75) is 117 Å².